The van der Waals surface area contributed by atoms with Crippen molar-refractivity contribution in [2.45, 2.75) is 51.4 Å². The average molecular weight is 373 g/mol. The zero-order chi connectivity index (χ0) is 19.4. The standard InChI is InChI=1S/C18H21F2N7/c1-17(2,3)15-14(16-23-25-26-24-16)13(10-8-21-27(4)9-10)11-7-18(19,20)6-5-12(11)22-15/h8-9H,5-7H2,1-4H3,(H,23,24,25,26). The number of aromatic amines is 1. The summed E-state index contributed by atoms with van der Waals surface area (Å²) in [7, 11) is 1.80. The smallest absolute Gasteiger partial charge is 0.252 e. The van der Waals surface area contributed by atoms with Crippen LogP contribution in [0.25, 0.3) is 22.5 Å². The van der Waals surface area contributed by atoms with Gasteiger partial charge < -0.3 is 0 Å². The number of aryl methyl sites for hydroxylation is 2. The molecule has 1 N–H and O–H groups in total. The Morgan fingerprint density at radius 1 is 1.22 bits per heavy atom. The lowest BCUT2D eigenvalue weighted by Crippen LogP contribution is -2.29. The summed E-state index contributed by atoms with van der Waals surface area (Å²) in [4.78, 5) is 4.82. The molecule has 0 radical (unpaired) electrons. The van der Waals surface area contributed by atoms with E-state index >= 15 is 0 Å². The van der Waals surface area contributed by atoms with Crippen molar-refractivity contribution in [2.24, 2.45) is 7.05 Å². The monoisotopic (exact) mass is 373 g/mol. The molecule has 0 saturated carbocycles. The van der Waals surface area contributed by atoms with Crippen LogP contribution in [0, 0.1) is 0 Å². The number of tetrazole rings is 1. The molecule has 0 aliphatic heterocycles. The minimum Gasteiger partial charge on any atom is -0.275 e. The fourth-order valence-corrected chi connectivity index (χ4v) is 3.62. The van der Waals surface area contributed by atoms with Crippen LogP contribution in [0.3, 0.4) is 0 Å². The highest BCUT2D eigenvalue weighted by Crippen LogP contribution is 2.45. The SMILES string of the molecule is Cn1cc(-c2c3c(nc(C(C)(C)C)c2-c2nnn[nH]2)CCC(F)(F)C3)cn1. The van der Waals surface area contributed by atoms with Gasteiger partial charge in [-0.3, -0.25) is 9.67 Å². The third kappa shape index (κ3) is 3.11. The molecule has 0 spiro atoms. The van der Waals surface area contributed by atoms with E-state index in [0.29, 0.717) is 22.5 Å². The Bertz CT molecular complexity index is 984. The maximum atomic E-state index is 14.3. The van der Waals surface area contributed by atoms with Gasteiger partial charge in [0.15, 0.2) is 5.82 Å². The third-order valence-corrected chi connectivity index (χ3v) is 4.83. The zero-order valence-electron chi connectivity index (χ0n) is 15.7. The number of halogens is 2. The number of pyridine rings is 1. The molecule has 0 bridgehead atoms. The van der Waals surface area contributed by atoms with Crippen LogP contribution in [0.5, 0.6) is 0 Å². The number of H-pyrrole nitrogens is 1. The van der Waals surface area contributed by atoms with E-state index in [4.69, 9.17) is 4.98 Å². The molecule has 3 aromatic heterocycles. The van der Waals surface area contributed by atoms with E-state index in [1.54, 1.807) is 17.9 Å². The molecule has 0 aromatic carbocycles. The summed E-state index contributed by atoms with van der Waals surface area (Å²) >= 11 is 0. The van der Waals surface area contributed by atoms with Crippen molar-refractivity contribution < 1.29 is 8.78 Å². The van der Waals surface area contributed by atoms with Crippen molar-refractivity contribution in [1.82, 2.24) is 35.4 Å². The Morgan fingerprint density at radius 3 is 2.59 bits per heavy atom. The highest BCUT2D eigenvalue weighted by Gasteiger charge is 2.39. The third-order valence-electron chi connectivity index (χ3n) is 4.83. The van der Waals surface area contributed by atoms with Gasteiger partial charge in [0, 0.05) is 48.3 Å². The first-order valence-electron chi connectivity index (χ1n) is 8.83. The van der Waals surface area contributed by atoms with Gasteiger partial charge in [-0.25, -0.2) is 13.9 Å². The second-order valence-electron chi connectivity index (χ2n) is 8.07. The predicted octanol–water partition coefficient (Wildman–Crippen LogP) is 3.08. The second kappa shape index (κ2) is 5.90. The van der Waals surface area contributed by atoms with Gasteiger partial charge in [-0.2, -0.15) is 5.10 Å². The molecule has 142 valence electrons. The number of fused-ring (bicyclic) bond motifs is 1. The van der Waals surface area contributed by atoms with Crippen molar-refractivity contribution in [3.8, 4) is 22.5 Å². The van der Waals surface area contributed by atoms with Gasteiger partial charge in [0.1, 0.15) is 0 Å². The van der Waals surface area contributed by atoms with Crippen LogP contribution in [-0.2, 0) is 25.3 Å². The molecular formula is C18H21F2N7. The van der Waals surface area contributed by atoms with Crippen LogP contribution in [0.1, 0.15) is 44.1 Å². The molecule has 1 aliphatic carbocycles. The van der Waals surface area contributed by atoms with Crippen molar-refractivity contribution >= 4 is 0 Å². The van der Waals surface area contributed by atoms with Crippen LogP contribution in [-0.4, -0.2) is 41.3 Å². The minimum atomic E-state index is -2.76. The molecule has 3 aromatic rings. The molecular weight excluding hydrogens is 352 g/mol. The Kier molecular flexibility index (Phi) is 3.87. The van der Waals surface area contributed by atoms with Crippen LogP contribution in [0.4, 0.5) is 8.78 Å². The van der Waals surface area contributed by atoms with Gasteiger partial charge in [-0.05, 0) is 22.4 Å². The molecule has 4 rings (SSSR count). The average Bonchev–Trinajstić information content (AvgIpc) is 3.23. The fourth-order valence-electron chi connectivity index (χ4n) is 3.62. The minimum absolute atomic E-state index is 0.188. The highest BCUT2D eigenvalue weighted by molar-refractivity contribution is 5.85. The van der Waals surface area contributed by atoms with E-state index in [-0.39, 0.29) is 24.7 Å². The van der Waals surface area contributed by atoms with Gasteiger partial charge >= 0.3 is 0 Å². The highest BCUT2D eigenvalue weighted by atomic mass is 19.3. The Hall–Kier alpha value is -2.71. The molecule has 0 saturated heterocycles. The number of hydrogen-bond donors (Lipinski definition) is 1. The summed E-state index contributed by atoms with van der Waals surface area (Å²) in [6, 6.07) is 0. The number of nitrogens with one attached hydrogen (secondary N) is 1. The van der Waals surface area contributed by atoms with Crippen LogP contribution in [0.2, 0.25) is 0 Å². The molecule has 9 heteroatoms. The van der Waals surface area contributed by atoms with Crippen LogP contribution >= 0.6 is 0 Å². The van der Waals surface area contributed by atoms with E-state index < -0.39 is 5.92 Å². The zero-order valence-corrected chi connectivity index (χ0v) is 15.7. The quantitative estimate of drug-likeness (QED) is 0.746. The Balaban J connectivity index is 2.11. The van der Waals surface area contributed by atoms with E-state index in [2.05, 4.69) is 25.7 Å². The summed E-state index contributed by atoms with van der Waals surface area (Å²) in [5.41, 5.74) is 3.84. The van der Waals surface area contributed by atoms with Crippen molar-refractivity contribution in [3.05, 3.63) is 29.3 Å². The van der Waals surface area contributed by atoms with E-state index in [1.165, 1.54) is 0 Å². The molecule has 0 amide bonds. The number of hydrogen-bond acceptors (Lipinski definition) is 5. The van der Waals surface area contributed by atoms with Gasteiger partial charge in [0.05, 0.1) is 17.5 Å². The fraction of sp³-hybridized carbons (Fsp3) is 0.500. The van der Waals surface area contributed by atoms with Crippen molar-refractivity contribution in [2.75, 3.05) is 0 Å². The maximum Gasteiger partial charge on any atom is 0.252 e. The summed E-state index contributed by atoms with van der Waals surface area (Å²) < 4.78 is 30.2. The van der Waals surface area contributed by atoms with Crippen LogP contribution in [0.15, 0.2) is 12.4 Å². The molecule has 1 aliphatic rings. The first kappa shape index (κ1) is 17.7. The normalized spacial score (nSPS) is 16.4. The number of nitrogens with zero attached hydrogens (tertiary/aromatic N) is 6. The lowest BCUT2D eigenvalue weighted by Gasteiger charge is -2.30. The molecule has 27 heavy (non-hydrogen) atoms. The number of rotatable bonds is 2. The molecule has 0 atom stereocenters. The predicted molar refractivity (Wildman–Crippen MR) is 95.3 cm³/mol. The summed E-state index contributed by atoms with van der Waals surface area (Å²) in [6.07, 6.45) is 3.21. The molecule has 0 unspecified atom stereocenters. The number of aromatic nitrogens is 7. The summed E-state index contributed by atoms with van der Waals surface area (Å²) in [5, 5.41) is 18.5. The van der Waals surface area contributed by atoms with Crippen molar-refractivity contribution in [1.29, 1.82) is 0 Å². The lowest BCUT2D eigenvalue weighted by atomic mass is 9.79. The molecule has 0 fully saturated rings. The lowest BCUT2D eigenvalue weighted by molar-refractivity contribution is -0.0126. The maximum absolute atomic E-state index is 14.3. The Morgan fingerprint density at radius 2 is 2.00 bits per heavy atom. The second-order valence-corrected chi connectivity index (χ2v) is 8.07. The first-order valence-corrected chi connectivity index (χ1v) is 8.83. The van der Waals surface area contributed by atoms with Crippen molar-refractivity contribution in [3.63, 3.8) is 0 Å². The van der Waals surface area contributed by atoms with Gasteiger partial charge in [0.2, 0.25) is 0 Å². The summed E-state index contributed by atoms with van der Waals surface area (Å²) in [6.45, 7) is 6.12. The molecule has 7 nitrogen and oxygen atoms in total. The van der Waals surface area contributed by atoms with Crippen LogP contribution < -0.4 is 0 Å². The van der Waals surface area contributed by atoms with Gasteiger partial charge in [-0.1, -0.05) is 20.8 Å². The van der Waals surface area contributed by atoms with E-state index in [1.807, 2.05) is 27.0 Å². The van der Waals surface area contributed by atoms with E-state index in [9.17, 15) is 8.78 Å². The Labute approximate surface area is 155 Å². The largest absolute Gasteiger partial charge is 0.275 e. The first-order chi connectivity index (χ1) is 12.7. The number of alkyl halides is 2. The topological polar surface area (TPSA) is 85.2 Å². The van der Waals surface area contributed by atoms with E-state index in [0.717, 1.165) is 17.0 Å². The summed E-state index contributed by atoms with van der Waals surface area (Å²) in [5.74, 6) is -2.34. The van der Waals surface area contributed by atoms with Gasteiger partial charge in [-0.15, -0.1) is 5.10 Å². The molecule has 3 heterocycles. The van der Waals surface area contributed by atoms with Gasteiger partial charge in [0.25, 0.3) is 5.92 Å².